The summed E-state index contributed by atoms with van der Waals surface area (Å²) in [6, 6.07) is 21.0. The molecule has 0 atom stereocenters. The van der Waals surface area contributed by atoms with Gasteiger partial charge in [-0.25, -0.2) is 18.4 Å². The monoisotopic (exact) mass is 605 g/mol. The van der Waals surface area contributed by atoms with Crippen LogP contribution in [0.3, 0.4) is 0 Å². The van der Waals surface area contributed by atoms with E-state index >= 15 is 0 Å². The maximum atomic E-state index is 14.3. The Kier molecular flexibility index (Phi) is 6.74. The Hall–Kier alpha value is -4.94. The van der Waals surface area contributed by atoms with Gasteiger partial charge in [-0.05, 0) is 84.8 Å². The largest absolute Gasteiger partial charge is 0.478 e. The van der Waals surface area contributed by atoms with Gasteiger partial charge in [-0.2, -0.15) is 0 Å². The van der Waals surface area contributed by atoms with E-state index in [0.29, 0.717) is 35.2 Å². The Morgan fingerprint density at radius 1 is 0.955 bits per heavy atom. The molecule has 2 aliphatic carbocycles. The third-order valence-electron chi connectivity index (χ3n) is 8.24. The summed E-state index contributed by atoms with van der Waals surface area (Å²) in [4.78, 5) is 30.9. The highest BCUT2D eigenvalue weighted by atomic mass is 32.2. The molecular formula is C35H25F2N3O3S. The number of nitrogens with one attached hydrogen (secondary N) is 1. The summed E-state index contributed by atoms with van der Waals surface area (Å²) in [6.07, 6.45) is 5.38. The minimum Gasteiger partial charge on any atom is -0.478 e. The topological polar surface area (TPSA) is 75.7 Å². The van der Waals surface area contributed by atoms with Crippen molar-refractivity contribution in [2.45, 2.75) is 47.1 Å². The predicted octanol–water partition coefficient (Wildman–Crippen LogP) is 8.74. The van der Waals surface area contributed by atoms with Gasteiger partial charge < -0.3 is 15.0 Å². The normalized spacial score (nSPS) is 15.1. The van der Waals surface area contributed by atoms with Gasteiger partial charge >= 0.3 is 5.97 Å². The number of nitrogens with zero attached hydrogens (tertiary/aromatic N) is 2. The fraction of sp³-hybridized carbons (Fsp3) is 0.171. The minimum absolute atomic E-state index is 0.165. The summed E-state index contributed by atoms with van der Waals surface area (Å²) in [5.74, 6) is -2.77. The fourth-order valence-corrected chi connectivity index (χ4v) is 6.78. The van der Waals surface area contributed by atoms with Crippen molar-refractivity contribution in [3.05, 3.63) is 125 Å². The second kappa shape index (κ2) is 10.6. The average Bonchev–Trinajstić information content (AvgIpc) is 3.95. The SMILES string of the molecule is [C-]#[N+]c1cccc(Sc2cn(C3CC3)c3cc(-c4cc(F)cc(F)c4)cc(C(=O)NC4(c5ccc(C(=O)O)cc5)CC4)c23)c1. The third-order valence-corrected chi connectivity index (χ3v) is 9.26. The maximum Gasteiger partial charge on any atom is 0.335 e. The van der Waals surface area contributed by atoms with E-state index in [1.165, 1.54) is 36.0 Å². The first kappa shape index (κ1) is 27.9. The molecule has 7 rings (SSSR count). The lowest BCUT2D eigenvalue weighted by Gasteiger charge is -2.20. The third kappa shape index (κ3) is 5.22. The molecule has 2 fully saturated rings. The van der Waals surface area contributed by atoms with Crippen LogP contribution in [0.25, 0.3) is 26.9 Å². The first-order valence-electron chi connectivity index (χ1n) is 14.2. The van der Waals surface area contributed by atoms with Gasteiger partial charge in [0.05, 0.1) is 28.8 Å². The number of halogens is 2. The molecule has 0 radical (unpaired) electrons. The number of aromatic nitrogens is 1. The van der Waals surface area contributed by atoms with E-state index in [1.54, 1.807) is 24.3 Å². The van der Waals surface area contributed by atoms with Crippen molar-refractivity contribution in [3.8, 4) is 11.1 Å². The Morgan fingerprint density at radius 2 is 1.66 bits per heavy atom. The highest BCUT2D eigenvalue weighted by Crippen LogP contribution is 2.48. The molecule has 1 amide bonds. The molecule has 0 aliphatic heterocycles. The Bertz CT molecular complexity index is 2000. The quantitative estimate of drug-likeness (QED) is 0.174. The molecule has 0 bridgehead atoms. The van der Waals surface area contributed by atoms with Gasteiger partial charge in [0.15, 0.2) is 5.69 Å². The van der Waals surface area contributed by atoms with Gasteiger partial charge in [-0.3, -0.25) is 4.79 Å². The van der Waals surface area contributed by atoms with E-state index < -0.39 is 23.1 Å². The Balaban J connectivity index is 1.37. The lowest BCUT2D eigenvalue weighted by Crippen LogP contribution is -2.35. The van der Waals surface area contributed by atoms with Crippen LogP contribution in [0, 0.1) is 18.2 Å². The standard InChI is InChI=1S/C35H25F2N3O3S/c1-38-26-3-2-4-28(18-26)44-31-19-40(27-9-10-27)30-16-22(21-13-24(36)17-25(37)14-21)15-29(32(30)31)33(41)39-35(11-12-35)23-7-5-20(6-8-23)34(42)43/h2-8,13-19,27H,9-12H2,(H,39,41)(H,42,43). The van der Waals surface area contributed by atoms with Crippen molar-refractivity contribution >= 4 is 40.2 Å². The van der Waals surface area contributed by atoms with Crippen LogP contribution in [0.5, 0.6) is 0 Å². The van der Waals surface area contributed by atoms with Gasteiger partial charge in [0.25, 0.3) is 5.91 Å². The fourth-order valence-electron chi connectivity index (χ4n) is 5.72. The molecule has 0 saturated heterocycles. The molecule has 2 aliphatic rings. The lowest BCUT2D eigenvalue weighted by atomic mass is 9.98. The Morgan fingerprint density at radius 3 is 2.30 bits per heavy atom. The van der Waals surface area contributed by atoms with E-state index in [9.17, 15) is 23.5 Å². The maximum absolute atomic E-state index is 14.3. The van der Waals surface area contributed by atoms with Crippen molar-refractivity contribution in [3.63, 3.8) is 0 Å². The number of carboxylic acids is 1. The number of fused-ring (bicyclic) bond motifs is 1. The summed E-state index contributed by atoms with van der Waals surface area (Å²) >= 11 is 1.47. The molecule has 0 unspecified atom stereocenters. The molecule has 44 heavy (non-hydrogen) atoms. The number of aromatic carboxylic acids is 1. The van der Waals surface area contributed by atoms with Gasteiger partial charge in [0, 0.05) is 33.5 Å². The highest BCUT2D eigenvalue weighted by Gasteiger charge is 2.46. The molecule has 5 aromatic rings. The number of hydrogen-bond donors (Lipinski definition) is 2. The van der Waals surface area contributed by atoms with Gasteiger partial charge in [-0.1, -0.05) is 42.1 Å². The van der Waals surface area contributed by atoms with Crippen molar-refractivity contribution in [1.29, 1.82) is 0 Å². The molecule has 1 heterocycles. The molecule has 6 nitrogen and oxygen atoms in total. The summed E-state index contributed by atoms with van der Waals surface area (Å²) in [5, 5.41) is 13.3. The van der Waals surface area contributed by atoms with Crippen molar-refractivity contribution in [2.24, 2.45) is 0 Å². The number of rotatable bonds is 8. The van der Waals surface area contributed by atoms with Crippen LogP contribution in [0.2, 0.25) is 0 Å². The van der Waals surface area contributed by atoms with Crippen molar-refractivity contribution < 1.29 is 23.5 Å². The van der Waals surface area contributed by atoms with Crippen LogP contribution in [-0.2, 0) is 5.54 Å². The second-order valence-electron chi connectivity index (χ2n) is 11.3. The highest BCUT2D eigenvalue weighted by molar-refractivity contribution is 7.99. The smallest absolute Gasteiger partial charge is 0.335 e. The zero-order valence-electron chi connectivity index (χ0n) is 23.3. The first-order valence-corrected chi connectivity index (χ1v) is 15.0. The van der Waals surface area contributed by atoms with Gasteiger partial charge in [-0.15, -0.1) is 0 Å². The second-order valence-corrected chi connectivity index (χ2v) is 12.5. The molecule has 1 aromatic heterocycles. The molecule has 4 aromatic carbocycles. The van der Waals surface area contributed by atoms with E-state index in [4.69, 9.17) is 6.57 Å². The zero-order chi connectivity index (χ0) is 30.6. The van der Waals surface area contributed by atoms with E-state index in [1.807, 2.05) is 30.5 Å². The number of amides is 1. The molecule has 0 spiro atoms. The van der Waals surface area contributed by atoms with Gasteiger partial charge in [0.2, 0.25) is 0 Å². The predicted molar refractivity (Wildman–Crippen MR) is 164 cm³/mol. The van der Waals surface area contributed by atoms with Crippen LogP contribution in [0.1, 0.15) is 58.0 Å². The number of carbonyl (C=O) groups is 2. The summed E-state index contributed by atoms with van der Waals surface area (Å²) in [6.45, 7) is 7.41. The van der Waals surface area contributed by atoms with Crippen LogP contribution >= 0.6 is 11.8 Å². The lowest BCUT2D eigenvalue weighted by molar-refractivity contribution is 0.0696. The number of benzene rings is 4. The van der Waals surface area contributed by atoms with Crippen molar-refractivity contribution in [1.82, 2.24) is 9.88 Å². The zero-order valence-corrected chi connectivity index (χ0v) is 24.1. The first-order chi connectivity index (χ1) is 21.2. The molecule has 218 valence electrons. The summed E-state index contributed by atoms with van der Waals surface area (Å²) in [7, 11) is 0. The Labute approximate surface area is 256 Å². The van der Waals surface area contributed by atoms with Crippen LogP contribution in [-0.4, -0.2) is 21.6 Å². The van der Waals surface area contributed by atoms with E-state index in [-0.39, 0.29) is 17.5 Å². The van der Waals surface area contributed by atoms with Crippen LogP contribution < -0.4 is 5.32 Å². The molecule has 2 saturated carbocycles. The number of hydrogen-bond acceptors (Lipinski definition) is 3. The summed E-state index contributed by atoms with van der Waals surface area (Å²) < 4.78 is 30.8. The molecule has 9 heteroatoms. The molecule has 2 N–H and O–H groups in total. The van der Waals surface area contributed by atoms with E-state index in [2.05, 4.69) is 14.7 Å². The number of carbonyl (C=O) groups excluding carboxylic acids is 1. The van der Waals surface area contributed by atoms with Crippen LogP contribution in [0.4, 0.5) is 14.5 Å². The van der Waals surface area contributed by atoms with Crippen LogP contribution in [0.15, 0.2) is 94.9 Å². The van der Waals surface area contributed by atoms with E-state index in [0.717, 1.165) is 45.2 Å². The average molecular weight is 606 g/mol. The van der Waals surface area contributed by atoms with Crippen molar-refractivity contribution in [2.75, 3.05) is 0 Å². The summed E-state index contributed by atoms with van der Waals surface area (Å²) in [5.41, 5.74) is 2.86. The molecular weight excluding hydrogens is 580 g/mol. The van der Waals surface area contributed by atoms with Gasteiger partial charge in [0.1, 0.15) is 11.6 Å². The number of carboxylic acid groups (broad SMARTS) is 1. The minimum atomic E-state index is -1.02.